The number of halogens is 2. The van der Waals surface area contributed by atoms with Gasteiger partial charge in [-0.05, 0) is 42.3 Å². The number of nitrogens with one attached hydrogen (secondary N) is 2. The van der Waals surface area contributed by atoms with Crippen molar-refractivity contribution in [3.8, 4) is 0 Å². The van der Waals surface area contributed by atoms with Gasteiger partial charge in [0.2, 0.25) is 0 Å². The molecule has 2 aromatic carbocycles. The summed E-state index contributed by atoms with van der Waals surface area (Å²) in [7, 11) is 0. The first-order chi connectivity index (χ1) is 10.1. The number of carbonyl (C=O) groups excluding carboxylic acids is 1. The third-order valence-electron chi connectivity index (χ3n) is 3.52. The highest BCUT2D eigenvalue weighted by Crippen LogP contribution is 2.23. The van der Waals surface area contributed by atoms with Crippen molar-refractivity contribution in [3.63, 3.8) is 0 Å². The van der Waals surface area contributed by atoms with Crippen molar-refractivity contribution in [3.05, 3.63) is 64.7 Å². The first-order valence-corrected chi connectivity index (χ1v) is 6.72. The van der Waals surface area contributed by atoms with Gasteiger partial charge >= 0.3 is 0 Å². The van der Waals surface area contributed by atoms with Crippen molar-refractivity contribution in [2.75, 3.05) is 11.9 Å². The Labute approximate surface area is 121 Å². The number of benzene rings is 2. The van der Waals surface area contributed by atoms with Gasteiger partial charge in [0.15, 0.2) is 0 Å². The largest absolute Gasteiger partial charge is 0.322 e. The van der Waals surface area contributed by atoms with Crippen LogP contribution in [0.3, 0.4) is 0 Å². The lowest BCUT2D eigenvalue weighted by molar-refractivity contribution is 0.102. The van der Waals surface area contributed by atoms with Crippen LogP contribution in [-0.4, -0.2) is 12.5 Å². The molecular formula is C16H14F2N2O. The molecule has 21 heavy (non-hydrogen) atoms. The number of amides is 1. The van der Waals surface area contributed by atoms with E-state index in [1.165, 1.54) is 5.56 Å². The van der Waals surface area contributed by atoms with Crippen LogP contribution in [0.15, 0.2) is 36.4 Å². The Morgan fingerprint density at radius 1 is 1.14 bits per heavy atom. The maximum Gasteiger partial charge on any atom is 0.255 e. The number of carbonyl (C=O) groups is 1. The van der Waals surface area contributed by atoms with E-state index in [1.807, 2.05) is 12.1 Å². The van der Waals surface area contributed by atoms with E-state index in [1.54, 1.807) is 6.07 Å². The molecule has 1 aliphatic rings. The lowest BCUT2D eigenvalue weighted by atomic mass is 9.99. The van der Waals surface area contributed by atoms with Gasteiger partial charge in [-0.3, -0.25) is 4.79 Å². The summed E-state index contributed by atoms with van der Waals surface area (Å²) < 4.78 is 26.3. The molecule has 0 saturated carbocycles. The zero-order valence-electron chi connectivity index (χ0n) is 11.2. The van der Waals surface area contributed by atoms with Gasteiger partial charge in [0, 0.05) is 23.9 Å². The smallest absolute Gasteiger partial charge is 0.255 e. The minimum Gasteiger partial charge on any atom is -0.322 e. The molecule has 1 amide bonds. The van der Waals surface area contributed by atoms with Crippen LogP contribution in [0.4, 0.5) is 14.5 Å². The van der Waals surface area contributed by atoms with Gasteiger partial charge in [-0.15, -0.1) is 0 Å². The van der Waals surface area contributed by atoms with Crippen LogP contribution in [0.2, 0.25) is 0 Å². The van der Waals surface area contributed by atoms with Gasteiger partial charge in [0.1, 0.15) is 11.6 Å². The summed E-state index contributed by atoms with van der Waals surface area (Å²) in [6.45, 7) is 1.57. The van der Waals surface area contributed by atoms with Gasteiger partial charge in [-0.1, -0.05) is 12.1 Å². The average molecular weight is 288 g/mol. The summed E-state index contributed by atoms with van der Waals surface area (Å²) in [5.41, 5.74) is 2.84. The minimum absolute atomic E-state index is 0.0335. The molecule has 0 fully saturated rings. The molecule has 0 radical (unpaired) electrons. The molecule has 0 spiro atoms. The average Bonchev–Trinajstić information content (AvgIpc) is 2.46. The number of hydrogen-bond acceptors (Lipinski definition) is 2. The molecule has 3 rings (SSSR count). The van der Waals surface area contributed by atoms with Crippen LogP contribution < -0.4 is 10.6 Å². The van der Waals surface area contributed by atoms with Crippen molar-refractivity contribution in [1.29, 1.82) is 0 Å². The maximum atomic E-state index is 13.2. The van der Waals surface area contributed by atoms with Crippen LogP contribution in [-0.2, 0) is 13.0 Å². The van der Waals surface area contributed by atoms with E-state index in [2.05, 4.69) is 10.6 Å². The second-order valence-corrected chi connectivity index (χ2v) is 4.98. The van der Waals surface area contributed by atoms with Crippen LogP contribution in [0.5, 0.6) is 0 Å². The van der Waals surface area contributed by atoms with Gasteiger partial charge in [-0.2, -0.15) is 0 Å². The van der Waals surface area contributed by atoms with E-state index in [-0.39, 0.29) is 5.56 Å². The molecule has 0 saturated heterocycles. The molecule has 0 aromatic heterocycles. The third kappa shape index (κ3) is 2.92. The zero-order valence-corrected chi connectivity index (χ0v) is 11.2. The van der Waals surface area contributed by atoms with E-state index in [0.717, 1.165) is 36.7 Å². The molecule has 5 heteroatoms. The number of rotatable bonds is 2. The van der Waals surface area contributed by atoms with Crippen molar-refractivity contribution < 1.29 is 13.6 Å². The number of fused-ring (bicyclic) bond motifs is 1. The van der Waals surface area contributed by atoms with Gasteiger partial charge in [0.05, 0.1) is 0 Å². The Balaban J connectivity index is 1.88. The highest BCUT2D eigenvalue weighted by molar-refractivity contribution is 6.04. The fraction of sp³-hybridized carbons (Fsp3) is 0.188. The fourth-order valence-electron chi connectivity index (χ4n) is 2.51. The molecular weight excluding hydrogens is 274 g/mol. The Morgan fingerprint density at radius 3 is 2.67 bits per heavy atom. The summed E-state index contributed by atoms with van der Waals surface area (Å²) in [5, 5.41) is 5.97. The summed E-state index contributed by atoms with van der Waals surface area (Å²) in [4.78, 5) is 12.1. The SMILES string of the molecule is O=C(Nc1cccc2c1CNCC2)c1cc(F)cc(F)c1. The van der Waals surface area contributed by atoms with E-state index in [9.17, 15) is 13.6 Å². The second-order valence-electron chi connectivity index (χ2n) is 4.98. The first-order valence-electron chi connectivity index (χ1n) is 6.72. The lowest BCUT2D eigenvalue weighted by Gasteiger charge is -2.20. The van der Waals surface area contributed by atoms with E-state index >= 15 is 0 Å². The van der Waals surface area contributed by atoms with Crippen molar-refractivity contribution >= 4 is 11.6 Å². The molecule has 0 aliphatic carbocycles. The second kappa shape index (κ2) is 5.61. The summed E-state index contributed by atoms with van der Waals surface area (Å²) >= 11 is 0. The standard InChI is InChI=1S/C16H14F2N2O/c17-12-6-11(7-13(18)8-12)16(21)20-15-3-1-2-10-4-5-19-9-14(10)15/h1-3,6-8,19H,4-5,9H2,(H,20,21). The maximum absolute atomic E-state index is 13.2. The molecule has 108 valence electrons. The third-order valence-corrected chi connectivity index (χ3v) is 3.52. The number of hydrogen-bond donors (Lipinski definition) is 2. The molecule has 0 bridgehead atoms. The normalized spacial score (nSPS) is 13.6. The van der Waals surface area contributed by atoms with Crippen molar-refractivity contribution in [2.24, 2.45) is 0 Å². The van der Waals surface area contributed by atoms with Gasteiger partial charge in [-0.25, -0.2) is 8.78 Å². The topological polar surface area (TPSA) is 41.1 Å². The van der Waals surface area contributed by atoms with Gasteiger partial charge in [0.25, 0.3) is 5.91 Å². The van der Waals surface area contributed by atoms with E-state index in [0.29, 0.717) is 12.2 Å². The van der Waals surface area contributed by atoms with Crippen LogP contribution in [0, 0.1) is 11.6 Å². The molecule has 2 N–H and O–H groups in total. The Hall–Kier alpha value is -2.27. The highest BCUT2D eigenvalue weighted by Gasteiger charge is 2.15. The minimum atomic E-state index is -0.767. The summed E-state index contributed by atoms with van der Waals surface area (Å²) in [6.07, 6.45) is 0.896. The molecule has 1 heterocycles. The highest BCUT2D eigenvalue weighted by atomic mass is 19.1. The zero-order chi connectivity index (χ0) is 14.8. The predicted molar refractivity (Wildman–Crippen MR) is 76.2 cm³/mol. The molecule has 0 unspecified atom stereocenters. The van der Waals surface area contributed by atoms with Crippen LogP contribution >= 0.6 is 0 Å². The van der Waals surface area contributed by atoms with Crippen LogP contribution in [0.25, 0.3) is 0 Å². The van der Waals surface area contributed by atoms with Crippen molar-refractivity contribution in [1.82, 2.24) is 5.32 Å². The number of anilines is 1. The fourth-order valence-corrected chi connectivity index (χ4v) is 2.51. The Morgan fingerprint density at radius 2 is 1.90 bits per heavy atom. The Kier molecular flexibility index (Phi) is 3.66. The summed E-state index contributed by atoms with van der Waals surface area (Å²) in [5.74, 6) is -2.05. The van der Waals surface area contributed by atoms with Crippen molar-refractivity contribution in [2.45, 2.75) is 13.0 Å². The van der Waals surface area contributed by atoms with E-state index in [4.69, 9.17) is 0 Å². The van der Waals surface area contributed by atoms with E-state index < -0.39 is 17.5 Å². The quantitative estimate of drug-likeness (QED) is 0.892. The predicted octanol–water partition coefficient (Wildman–Crippen LogP) is 2.86. The summed E-state index contributed by atoms with van der Waals surface area (Å²) in [6, 6.07) is 8.46. The molecule has 3 nitrogen and oxygen atoms in total. The molecule has 2 aromatic rings. The van der Waals surface area contributed by atoms with Gasteiger partial charge < -0.3 is 10.6 Å². The monoisotopic (exact) mass is 288 g/mol. The molecule has 1 aliphatic heterocycles. The molecule has 0 atom stereocenters. The van der Waals surface area contributed by atoms with Crippen LogP contribution in [0.1, 0.15) is 21.5 Å². The first kappa shape index (κ1) is 13.7. The Bertz CT molecular complexity index is 680. The lowest BCUT2D eigenvalue weighted by Crippen LogP contribution is -2.25.